The fraction of sp³-hybridized carbons (Fsp3) is 0.111. The molecule has 0 heteroatoms. The van der Waals surface area contributed by atoms with Gasteiger partial charge in [0.15, 0.2) is 0 Å². The van der Waals surface area contributed by atoms with E-state index in [1.165, 1.54) is 7.40 Å². The van der Waals surface area contributed by atoms with Crippen molar-refractivity contribution in [3.05, 3.63) is 35.9 Å². The average molecular weight is 128 g/mol. The molecule has 0 saturated heterocycles. The molecule has 0 aromatic heterocycles. The first-order chi connectivity index (χ1) is 7.43. The van der Waals surface area contributed by atoms with Crippen LogP contribution in [0.15, 0.2) is 30.3 Å². The summed E-state index contributed by atoms with van der Waals surface area (Å²) in [6, 6.07) is 9.48. The molecule has 1 rings (SSSR count). The topological polar surface area (TPSA) is 0 Å². The molecule has 0 aliphatic carbocycles. The molecule has 0 heterocycles. The van der Waals surface area contributed by atoms with Crippen molar-refractivity contribution in [3.8, 4) is 12.3 Å². The van der Waals surface area contributed by atoms with Crippen LogP contribution in [-0.4, -0.2) is 0 Å². The molecule has 0 bridgehead atoms. The van der Waals surface area contributed by atoms with Gasteiger partial charge in [-0.25, -0.2) is 0 Å². The van der Waals surface area contributed by atoms with Gasteiger partial charge in [-0.3, -0.25) is 0 Å². The van der Waals surface area contributed by atoms with Crippen LogP contribution >= 0.6 is 0 Å². The maximum absolute atomic E-state index is 6.58. The Bertz CT molecular complexity index is 238. The summed E-state index contributed by atoms with van der Waals surface area (Å²) in [7, 11) is 1.25. The predicted molar refractivity (Wildman–Crippen MR) is 45.3 cm³/mol. The van der Waals surface area contributed by atoms with Crippen LogP contribution in [0.3, 0.4) is 0 Å². The van der Waals surface area contributed by atoms with Crippen LogP contribution in [0.4, 0.5) is 0 Å². The molecule has 0 N–H and O–H groups in total. The van der Waals surface area contributed by atoms with Crippen LogP contribution in [0, 0.1) is 12.3 Å². The number of benzene rings is 1. The van der Waals surface area contributed by atoms with Gasteiger partial charge < -0.3 is 0 Å². The first-order valence-electron chi connectivity index (χ1n) is 5.91. The van der Waals surface area contributed by atoms with Gasteiger partial charge in [0, 0.05) is 12.9 Å². The second-order valence-electron chi connectivity index (χ2n) is 1.49. The van der Waals surface area contributed by atoms with E-state index in [2.05, 4.69) is 12.3 Å². The van der Waals surface area contributed by atoms with Crippen molar-refractivity contribution in [1.29, 1.82) is 0 Å². The Balaban J connectivity index is -0.000000208. The van der Waals surface area contributed by atoms with Gasteiger partial charge in [-0.1, -0.05) is 31.5 Å². The van der Waals surface area contributed by atoms with Crippen molar-refractivity contribution in [2.24, 2.45) is 0 Å². The molecule has 0 fully saturated rings. The lowest BCUT2D eigenvalue weighted by atomic mass is 10.2. The second-order valence-corrected chi connectivity index (χ2v) is 1.49. The minimum absolute atomic E-state index is 0.896. The van der Waals surface area contributed by atoms with Crippen LogP contribution in [0.25, 0.3) is 0 Å². The minimum atomic E-state index is 0.896. The van der Waals surface area contributed by atoms with E-state index in [9.17, 15) is 0 Å². The molecular weight excluding hydrogens is 108 g/mol. The zero-order valence-corrected chi connectivity index (χ0v) is 5.39. The lowest BCUT2D eigenvalue weighted by Crippen LogP contribution is -1.66. The molecule has 0 spiro atoms. The molecule has 0 nitrogen and oxygen atoms in total. The number of hydrogen-bond acceptors (Lipinski definition) is 0. The van der Waals surface area contributed by atoms with Crippen LogP contribution < -0.4 is 0 Å². The second kappa shape index (κ2) is 3.74. The Kier molecular flexibility index (Phi) is 1.28. The summed E-state index contributed by atoms with van der Waals surface area (Å²) >= 11 is 0. The van der Waals surface area contributed by atoms with Gasteiger partial charge in [0.1, 0.15) is 1.37 Å². The van der Waals surface area contributed by atoms with Crippen LogP contribution in [-0.2, 0) is 0 Å². The molecular formula is C9H14. The van der Waals surface area contributed by atoms with E-state index in [1.54, 1.807) is 0 Å². The van der Waals surface area contributed by atoms with E-state index in [4.69, 9.17) is 8.68 Å². The fourth-order valence-electron chi connectivity index (χ4n) is 0.521. The van der Waals surface area contributed by atoms with E-state index in [0.717, 1.165) is 5.56 Å². The summed E-state index contributed by atoms with van der Waals surface area (Å²) in [5.41, 5.74) is 0.896. The summed E-state index contributed by atoms with van der Waals surface area (Å²) in [6.07, 6.45) is 2.08. The standard InChI is InChI=1S/C8H6.CH4.2H2/c1-2-8-6-4-3-5-7-8;;;/h1,3-7H;1H4;2*1H/i2*1D;2*1+1D. The van der Waals surface area contributed by atoms with Crippen LogP contribution in [0.1, 0.15) is 21.6 Å². The van der Waals surface area contributed by atoms with Gasteiger partial charge in [-0.05, 0) is 12.1 Å². The highest BCUT2D eigenvalue weighted by atomic mass is 13.8. The molecule has 0 saturated carbocycles. The highest BCUT2D eigenvalue weighted by molar-refractivity contribution is 5.30. The average Bonchev–Trinajstić information content (AvgIpc) is 2.38. The molecule has 0 amide bonds. The summed E-state index contributed by atoms with van der Waals surface area (Å²) in [5, 5.41) is 0. The largest absolute Gasteiger partial charge is 0.124 e. The summed E-state index contributed by atoms with van der Waals surface area (Å²) in [4.78, 5) is 0. The number of hydrogen-bond donors (Lipinski definition) is 0. The lowest BCUT2D eigenvalue weighted by molar-refractivity contribution is 1.65. The Labute approximate surface area is 65.5 Å². The first kappa shape index (κ1) is 3.08. The molecule has 0 unspecified atom stereocenters. The Morgan fingerprint density at radius 3 is 2.89 bits per heavy atom. The van der Waals surface area contributed by atoms with Gasteiger partial charge >= 0.3 is 0 Å². The van der Waals surface area contributed by atoms with Gasteiger partial charge in [0.05, 0.1) is 0 Å². The third-order valence-electron chi connectivity index (χ3n) is 0.918. The number of terminal acetylenes is 1. The predicted octanol–water partition coefficient (Wildman–Crippen LogP) is 2.80. The molecule has 0 atom stereocenters. The molecule has 1 aromatic rings. The Hall–Kier alpha value is -1.22. The zero-order chi connectivity index (χ0) is 12.5. The number of rotatable bonds is 0. The first-order valence-corrected chi connectivity index (χ1v) is 2.41. The van der Waals surface area contributed by atoms with Crippen molar-refractivity contribution in [2.75, 3.05) is 0 Å². The Morgan fingerprint density at radius 2 is 2.33 bits per heavy atom. The molecule has 1 aromatic carbocycles. The van der Waals surface area contributed by atoms with E-state index < -0.39 is 0 Å². The van der Waals surface area contributed by atoms with Gasteiger partial charge in [-0.2, -0.15) is 0 Å². The summed E-state index contributed by atoms with van der Waals surface area (Å²) in [5.74, 6) is 2.62. The smallest absolute Gasteiger partial charge is 0.115 e. The van der Waals surface area contributed by atoms with Gasteiger partial charge in [0.2, 0.25) is 0 Å². The minimum Gasteiger partial charge on any atom is -0.115 e. The molecule has 0 aliphatic heterocycles. The quantitative estimate of drug-likeness (QED) is 0.471. The van der Waals surface area contributed by atoms with E-state index >= 15 is 0 Å². The van der Waals surface area contributed by atoms with Gasteiger partial charge in [-0.15, -0.1) is 6.40 Å². The van der Waals surface area contributed by atoms with E-state index in [1.807, 2.05) is 30.3 Å². The van der Waals surface area contributed by atoms with E-state index in [-0.39, 0.29) is 0 Å². The monoisotopic (exact) mass is 128 g/mol. The molecule has 0 radical (unpaired) electrons. The highest BCUT2D eigenvalue weighted by Crippen LogP contribution is 1.92. The fourth-order valence-corrected chi connectivity index (χ4v) is 0.521. The third-order valence-corrected chi connectivity index (χ3v) is 0.918. The van der Waals surface area contributed by atoms with Crippen molar-refractivity contribution >= 4 is 0 Å². The lowest BCUT2D eigenvalue weighted by Gasteiger charge is -1.82. The maximum Gasteiger partial charge on any atom is 0.124 e. The van der Waals surface area contributed by atoms with E-state index in [0.29, 0.717) is 0 Å². The normalized spacial score (nSPS) is 10.3. The Morgan fingerprint density at radius 1 is 1.67 bits per heavy atom. The van der Waals surface area contributed by atoms with Crippen LogP contribution in [0.5, 0.6) is 0 Å². The van der Waals surface area contributed by atoms with Crippen molar-refractivity contribution in [1.82, 2.24) is 0 Å². The zero-order valence-electron chi connectivity index (χ0n) is 11.4. The van der Waals surface area contributed by atoms with Crippen molar-refractivity contribution in [2.45, 2.75) is 7.40 Å². The SMILES string of the molecule is [2H]C.[2H]C#Cc1ccccc1.[2H][2H].[2H][2H]. The molecule has 9 heavy (non-hydrogen) atoms. The summed E-state index contributed by atoms with van der Waals surface area (Å²) in [6.45, 7) is 0. The third kappa shape index (κ3) is 2.01. The molecule has 0 aliphatic rings. The van der Waals surface area contributed by atoms with Gasteiger partial charge in [0.25, 0.3) is 0 Å². The summed E-state index contributed by atoms with van der Waals surface area (Å²) < 4.78 is 32.3. The van der Waals surface area contributed by atoms with Crippen LogP contribution in [0.2, 0.25) is 0 Å². The van der Waals surface area contributed by atoms with Crippen molar-refractivity contribution < 1.29 is 8.68 Å². The van der Waals surface area contributed by atoms with Crippen molar-refractivity contribution in [3.63, 3.8) is 0 Å². The molecule has 50 valence electrons. The highest BCUT2D eigenvalue weighted by Gasteiger charge is 1.76. The maximum atomic E-state index is 6.58.